The molecule has 0 amide bonds. The van der Waals surface area contributed by atoms with Crippen LogP contribution in [0.4, 0.5) is 0 Å². The lowest BCUT2D eigenvalue weighted by molar-refractivity contribution is 0.0607. The normalized spacial score (nSPS) is 10.8. The number of benzene rings is 1. The van der Waals surface area contributed by atoms with Gasteiger partial charge in [-0.05, 0) is 17.9 Å². The summed E-state index contributed by atoms with van der Waals surface area (Å²) in [6.45, 7) is 1.93. The molecular formula is C15H11ClN2O2S. The summed E-state index contributed by atoms with van der Waals surface area (Å²) >= 11 is 7.44. The van der Waals surface area contributed by atoms with Gasteiger partial charge in [-0.15, -0.1) is 21.5 Å². The molecule has 0 unspecified atom stereocenters. The Morgan fingerprint density at radius 1 is 1.24 bits per heavy atom. The number of aromatic nitrogens is 2. The summed E-state index contributed by atoms with van der Waals surface area (Å²) < 4.78 is 4.84. The van der Waals surface area contributed by atoms with Crippen molar-refractivity contribution in [3.05, 3.63) is 45.2 Å². The number of ether oxygens (including phenoxy) is 1. The molecule has 106 valence electrons. The predicted octanol–water partition coefficient (Wildman–Crippen LogP) is 4.11. The van der Waals surface area contributed by atoms with Crippen LogP contribution in [-0.2, 0) is 4.74 Å². The maximum absolute atomic E-state index is 11.9. The SMILES string of the molecule is COC(=O)c1scc(C)c1-c1nnc(Cl)c2ccccc12. The molecule has 0 saturated carbocycles. The molecular weight excluding hydrogens is 308 g/mol. The van der Waals surface area contributed by atoms with E-state index in [-0.39, 0.29) is 5.97 Å². The van der Waals surface area contributed by atoms with Crippen molar-refractivity contribution in [3.63, 3.8) is 0 Å². The number of esters is 1. The van der Waals surface area contributed by atoms with Crippen LogP contribution in [0.2, 0.25) is 5.15 Å². The standard InChI is InChI=1S/C15H11ClN2O2S/c1-8-7-21-13(15(19)20-2)11(8)12-9-5-3-4-6-10(9)14(16)18-17-12/h3-7H,1-2H3. The van der Waals surface area contributed by atoms with Crippen molar-refractivity contribution in [2.24, 2.45) is 0 Å². The molecule has 0 aliphatic rings. The third-order valence-corrected chi connectivity index (χ3v) is 4.58. The number of halogens is 1. The molecule has 0 bridgehead atoms. The van der Waals surface area contributed by atoms with Gasteiger partial charge in [0.05, 0.1) is 7.11 Å². The van der Waals surface area contributed by atoms with Crippen molar-refractivity contribution >= 4 is 39.7 Å². The average molecular weight is 319 g/mol. The Labute approximate surface area is 130 Å². The Balaban J connectivity index is 2.34. The van der Waals surface area contributed by atoms with Crippen LogP contribution in [0, 0.1) is 6.92 Å². The first-order chi connectivity index (χ1) is 10.1. The average Bonchev–Trinajstić information content (AvgIpc) is 2.89. The van der Waals surface area contributed by atoms with E-state index in [1.165, 1.54) is 18.4 Å². The second-order valence-electron chi connectivity index (χ2n) is 4.50. The van der Waals surface area contributed by atoms with Gasteiger partial charge in [-0.1, -0.05) is 35.9 Å². The highest BCUT2D eigenvalue weighted by Crippen LogP contribution is 2.36. The molecule has 4 nitrogen and oxygen atoms in total. The summed E-state index contributed by atoms with van der Waals surface area (Å²) in [6.07, 6.45) is 0. The maximum Gasteiger partial charge on any atom is 0.348 e. The fourth-order valence-electron chi connectivity index (χ4n) is 2.24. The number of carbonyl (C=O) groups excluding carboxylic acids is 1. The first-order valence-corrected chi connectivity index (χ1v) is 7.47. The van der Waals surface area contributed by atoms with Gasteiger partial charge in [0.25, 0.3) is 0 Å². The van der Waals surface area contributed by atoms with Gasteiger partial charge < -0.3 is 4.74 Å². The first-order valence-electron chi connectivity index (χ1n) is 6.21. The van der Waals surface area contributed by atoms with E-state index in [2.05, 4.69) is 10.2 Å². The van der Waals surface area contributed by atoms with Gasteiger partial charge in [-0.25, -0.2) is 4.79 Å². The van der Waals surface area contributed by atoms with E-state index in [0.29, 0.717) is 15.7 Å². The van der Waals surface area contributed by atoms with Crippen LogP contribution in [0.25, 0.3) is 22.0 Å². The summed E-state index contributed by atoms with van der Waals surface area (Å²) in [7, 11) is 1.37. The van der Waals surface area contributed by atoms with Crippen molar-refractivity contribution in [3.8, 4) is 11.3 Å². The van der Waals surface area contributed by atoms with E-state index in [4.69, 9.17) is 16.3 Å². The third kappa shape index (κ3) is 2.28. The highest BCUT2D eigenvalue weighted by atomic mass is 35.5. The number of aryl methyl sites for hydroxylation is 1. The van der Waals surface area contributed by atoms with Crippen LogP contribution in [-0.4, -0.2) is 23.3 Å². The van der Waals surface area contributed by atoms with Crippen LogP contribution >= 0.6 is 22.9 Å². The molecule has 0 aliphatic heterocycles. The van der Waals surface area contributed by atoms with E-state index in [1.807, 2.05) is 36.6 Å². The van der Waals surface area contributed by atoms with Crippen molar-refractivity contribution in [1.82, 2.24) is 10.2 Å². The fourth-order valence-corrected chi connectivity index (χ4v) is 3.41. The van der Waals surface area contributed by atoms with Crippen molar-refractivity contribution in [2.75, 3.05) is 7.11 Å². The lowest BCUT2D eigenvalue weighted by Crippen LogP contribution is -2.02. The van der Waals surface area contributed by atoms with Gasteiger partial charge in [0.2, 0.25) is 0 Å². The molecule has 21 heavy (non-hydrogen) atoms. The molecule has 0 aliphatic carbocycles. The minimum absolute atomic E-state index is 0.349. The Morgan fingerprint density at radius 3 is 2.67 bits per heavy atom. The molecule has 0 spiro atoms. The smallest absolute Gasteiger partial charge is 0.348 e. The summed E-state index contributed by atoms with van der Waals surface area (Å²) in [5.41, 5.74) is 2.36. The lowest BCUT2D eigenvalue weighted by atomic mass is 10.0. The van der Waals surface area contributed by atoms with E-state index >= 15 is 0 Å². The van der Waals surface area contributed by atoms with Crippen LogP contribution in [0.15, 0.2) is 29.6 Å². The number of rotatable bonds is 2. The zero-order chi connectivity index (χ0) is 15.0. The zero-order valence-corrected chi connectivity index (χ0v) is 13.0. The zero-order valence-electron chi connectivity index (χ0n) is 11.4. The molecule has 2 heterocycles. The summed E-state index contributed by atoms with van der Waals surface area (Å²) in [5, 5.41) is 12.1. The monoisotopic (exact) mass is 318 g/mol. The first kappa shape index (κ1) is 14.0. The summed E-state index contributed by atoms with van der Waals surface area (Å²) in [5.74, 6) is -0.371. The van der Waals surface area contributed by atoms with Gasteiger partial charge in [0, 0.05) is 16.3 Å². The summed E-state index contributed by atoms with van der Waals surface area (Å²) in [4.78, 5) is 12.5. The highest BCUT2D eigenvalue weighted by Gasteiger charge is 2.21. The van der Waals surface area contributed by atoms with Gasteiger partial charge in [-0.2, -0.15) is 0 Å². The Hall–Kier alpha value is -1.98. The van der Waals surface area contributed by atoms with E-state index < -0.39 is 0 Å². The minimum atomic E-state index is -0.371. The number of nitrogens with zero attached hydrogens (tertiary/aromatic N) is 2. The molecule has 1 aromatic carbocycles. The van der Waals surface area contributed by atoms with Crippen molar-refractivity contribution < 1.29 is 9.53 Å². The Kier molecular flexibility index (Phi) is 3.61. The Morgan fingerprint density at radius 2 is 1.95 bits per heavy atom. The van der Waals surface area contributed by atoms with Crippen LogP contribution in [0.3, 0.4) is 0 Å². The predicted molar refractivity (Wildman–Crippen MR) is 83.9 cm³/mol. The summed E-state index contributed by atoms with van der Waals surface area (Å²) in [6, 6.07) is 7.60. The van der Waals surface area contributed by atoms with Crippen LogP contribution in [0.5, 0.6) is 0 Å². The van der Waals surface area contributed by atoms with Crippen molar-refractivity contribution in [1.29, 1.82) is 0 Å². The highest BCUT2D eigenvalue weighted by molar-refractivity contribution is 7.12. The third-order valence-electron chi connectivity index (χ3n) is 3.22. The second kappa shape index (κ2) is 5.42. The Bertz CT molecular complexity index is 845. The number of hydrogen-bond acceptors (Lipinski definition) is 5. The topological polar surface area (TPSA) is 52.1 Å². The molecule has 0 radical (unpaired) electrons. The molecule has 0 saturated heterocycles. The minimum Gasteiger partial charge on any atom is -0.465 e. The van der Waals surface area contributed by atoms with Gasteiger partial charge in [0.1, 0.15) is 10.6 Å². The maximum atomic E-state index is 11.9. The molecule has 6 heteroatoms. The molecule has 2 aromatic heterocycles. The molecule has 0 fully saturated rings. The molecule has 3 aromatic rings. The van der Waals surface area contributed by atoms with Gasteiger partial charge in [0.15, 0.2) is 5.15 Å². The molecule has 0 N–H and O–H groups in total. The van der Waals surface area contributed by atoms with E-state index in [1.54, 1.807) is 0 Å². The number of hydrogen-bond donors (Lipinski definition) is 0. The second-order valence-corrected chi connectivity index (χ2v) is 5.74. The quantitative estimate of drug-likeness (QED) is 0.667. The molecule has 3 rings (SSSR count). The number of thiophene rings is 1. The van der Waals surface area contributed by atoms with E-state index in [0.717, 1.165) is 21.9 Å². The largest absolute Gasteiger partial charge is 0.465 e. The fraction of sp³-hybridized carbons (Fsp3) is 0.133. The van der Waals surface area contributed by atoms with Gasteiger partial charge in [-0.3, -0.25) is 0 Å². The number of carbonyl (C=O) groups is 1. The van der Waals surface area contributed by atoms with Crippen molar-refractivity contribution in [2.45, 2.75) is 6.92 Å². The number of methoxy groups -OCH3 is 1. The van der Waals surface area contributed by atoms with Gasteiger partial charge >= 0.3 is 5.97 Å². The van der Waals surface area contributed by atoms with Crippen LogP contribution in [0.1, 0.15) is 15.2 Å². The lowest BCUT2D eigenvalue weighted by Gasteiger charge is -2.08. The van der Waals surface area contributed by atoms with E-state index in [9.17, 15) is 4.79 Å². The number of fused-ring (bicyclic) bond motifs is 1. The molecule has 0 atom stereocenters. The van der Waals surface area contributed by atoms with Crippen LogP contribution < -0.4 is 0 Å².